The van der Waals surface area contributed by atoms with Gasteiger partial charge in [-0.3, -0.25) is 4.92 Å². The van der Waals surface area contributed by atoms with Crippen molar-refractivity contribution in [1.82, 2.24) is 4.92 Å². The summed E-state index contributed by atoms with van der Waals surface area (Å²) in [5.41, 5.74) is 2.14. The third-order valence-corrected chi connectivity index (χ3v) is 1.76. The second kappa shape index (κ2) is 2.05. The Morgan fingerprint density at radius 3 is 2.91 bits per heavy atom. The molecule has 0 atom stereocenters. The average molecular weight is 142 g/mol. The second-order valence-electron chi connectivity index (χ2n) is 2.47. The highest BCUT2D eigenvalue weighted by atomic mass is 15.5. The van der Waals surface area contributed by atoms with E-state index in [9.17, 15) is 0 Å². The number of hydrazine groups is 1. The van der Waals surface area contributed by atoms with Gasteiger partial charge in [-0.05, 0) is 6.07 Å². The second-order valence-corrected chi connectivity index (χ2v) is 2.47. The lowest BCUT2D eigenvalue weighted by Crippen LogP contribution is -2.19. The van der Waals surface area contributed by atoms with E-state index >= 15 is 0 Å². The molecule has 2 nitrogen and oxygen atoms in total. The van der Waals surface area contributed by atoms with E-state index in [1.807, 2.05) is 30.8 Å². The number of rotatable bonds is 0. The summed E-state index contributed by atoms with van der Waals surface area (Å²) in [5, 5.41) is 0. The maximum absolute atomic E-state index is 5.57. The zero-order valence-corrected chi connectivity index (χ0v) is 6.07. The van der Waals surface area contributed by atoms with E-state index in [0.717, 1.165) is 11.3 Å². The third kappa shape index (κ3) is 0.809. The van der Waals surface area contributed by atoms with Gasteiger partial charge < -0.3 is 0 Å². The Labute approximate surface area is 67.2 Å². The Morgan fingerprint density at radius 2 is 2.18 bits per heavy atom. The fourth-order valence-corrected chi connectivity index (χ4v) is 1.17. The summed E-state index contributed by atoms with van der Waals surface area (Å²) in [6, 6.07) is 7.92. The molecule has 0 bridgehead atoms. The van der Waals surface area contributed by atoms with Crippen LogP contribution in [0.25, 0.3) is 0 Å². The zero-order valence-electron chi connectivity index (χ0n) is 6.07. The van der Waals surface area contributed by atoms with E-state index in [2.05, 4.69) is 6.72 Å². The van der Waals surface area contributed by atoms with Gasteiger partial charge in [0.15, 0.2) is 0 Å². The molecule has 2 radical (unpaired) electrons. The van der Waals surface area contributed by atoms with Gasteiger partial charge in [0.25, 0.3) is 0 Å². The molecule has 1 aromatic carbocycles. The van der Waals surface area contributed by atoms with Gasteiger partial charge in [-0.25, -0.2) is 0 Å². The van der Waals surface area contributed by atoms with Gasteiger partial charge in [0.1, 0.15) is 12.4 Å². The largest absolute Gasteiger partial charge is 0.302 e. The van der Waals surface area contributed by atoms with E-state index in [4.69, 9.17) is 7.98 Å². The first-order chi connectivity index (χ1) is 5.29. The lowest BCUT2D eigenvalue weighted by atomic mass is 10.2. The highest BCUT2D eigenvalue weighted by molar-refractivity contribution is 6.04. The molecular formula is C8H7BN2. The van der Waals surface area contributed by atoms with Crippen molar-refractivity contribution in [3.63, 3.8) is 0 Å². The van der Waals surface area contributed by atoms with E-state index in [0.29, 0.717) is 0 Å². The van der Waals surface area contributed by atoms with E-state index < -0.39 is 0 Å². The van der Waals surface area contributed by atoms with Gasteiger partial charge in [0, 0.05) is 0 Å². The molecule has 1 heterocycles. The van der Waals surface area contributed by atoms with Gasteiger partial charge in [0.2, 0.25) is 0 Å². The Bertz CT molecular complexity index is 309. The first-order valence-corrected chi connectivity index (χ1v) is 3.37. The standard InChI is InChI=1S/C8H7BN2/c1-10-8-5-3-2-4-7(8)6-11(10)9/h2-6H,1H2. The Balaban J connectivity index is 2.55. The zero-order chi connectivity index (χ0) is 7.84. The summed E-state index contributed by atoms with van der Waals surface area (Å²) < 4.78 is 1.65. The molecule has 0 aliphatic carbocycles. The fourth-order valence-electron chi connectivity index (χ4n) is 1.17. The van der Waals surface area contributed by atoms with Crippen molar-refractivity contribution in [2.75, 3.05) is 0 Å². The lowest BCUT2D eigenvalue weighted by Gasteiger charge is -2.08. The topological polar surface area (TPSA) is 6.25 Å². The van der Waals surface area contributed by atoms with Gasteiger partial charge >= 0.3 is 7.98 Å². The van der Waals surface area contributed by atoms with E-state index in [-0.39, 0.29) is 0 Å². The monoisotopic (exact) mass is 142 g/mol. The van der Waals surface area contributed by atoms with Crippen LogP contribution in [0.3, 0.4) is 0 Å². The molecule has 52 valence electrons. The summed E-state index contributed by atoms with van der Waals surface area (Å²) in [5.74, 6) is 0. The number of para-hydroxylation sites is 1. The van der Waals surface area contributed by atoms with Gasteiger partial charge in [-0.2, -0.15) is 10.8 Å². The summed E-state index contributed by atoms with van der Waals surface area (Å²) in [6.07, 6.45) is 0. The first kappa shape index (κ1) is 6.34. The van der Waals surface area contributed by atoms with Crippen LogP contribution >= 0.6 is 0 Å². The lowest BCUT2D eigenvalue weighted by molar-refractivity contribution is -0.560. The van der Waals surface area contributed by atoms with Crippen LogP contribution in [0.5, 0.6) is 0 Å². The quantitative estimate of drug-likeness (QED) is 0.295. The maximum atomic E-state index is 5.57. The molecule has 3 heteroatoms. The smallest absolute Gasteiger partial charge is 0.281 e. The van der Waals surface area contributed by atoms with Crippen LogP contribution in [0, 0.1) is 6.54 Å². The third-order valence-electron chi connectivity index (χ3n) is 1.76. The SMILES string of the molecule is [B]N1[CH-]c2ccccc2[N+]1=C. The first-order valence-electron chi connectivity index (χ1n) is 3.37. The maximum Gasteiger partial charge on any atom is 0.302 e. The van der Waals surface area contributed by atoms with Gasteiger partial charge in [-0.1, -0.05) is 18.2 Å². The molecule has 0 saturated heterocycles. The minimum Gasteiger partial charge on any atom is -0.281 e. The number of benzene rings is 1. The molecule has 0 saturated carbocycles. The van der Waals surface area contributed by atoms with Crippen LogP contribution in [0.2, 0.25) is 0 Å². The van der Waals surface area contributed by atoms with Crippen LogP contribution < -0.4 is 0 Å². The van der Waals surface area contributed by atoms with Crippen LogP contribution in [0.4, 0.5) is 5.69 Å². The minimum atomic E-state index is 1.04. The van der Waals surface area contributed by atoms with Crippen LogP contribution in [0.1, 0.15) is 5.56 Å². The fraction of sp³-hybridized carbons (Fsp3) is 0. The Morgan fingerprint density at radius 1 is 1.45 bits per heavy atom. The van der Waals surface area contributed by atoms with Crippen molar-refractivity contribution >= 4 is 20.4 Å². The molecule has 0 amide bonds. The van der Waals surface area contributed by atoms with E-state index in [1.54, 1.807) is 4.68 Å². The highest BCUT2D eigenvalue weighted by Gasteiger charge is 2.16. The highest BCUT2D eigenvalue weighted by Crippen LogP contribution is 2.27. The number of hydrazone groups is 1. The molecular weight excluding hydrogens is 135 g/mol. The molecule has 0 aromatic heterocycles. The number of hydrogen-bond donors (Lipinski definition) is 0. The molecule has 0 spiro atoms. The Hall–Kier alpha value is -1.38. The predicted molar refractivity (Wildman–Crippen MR) is 44.5 cm³/mol. The summed E-state index contributed by atoms with van der Waals surface area (Å²) in [7, 11) is 5.57. The molecule has 11 heavy (non-hydrogen) atoms. The van der Waals surface area contributed by atoms with Crippen LogP contribution in [-0.2, 0) is 0 Å². The minimum absolute atomic E-state index is 1.04. The van der Waals surface area contributed by atoms with Crippen molar-refractivity contribution in [3.05, 3.63) is 36.4 Å². The van der Waals surface area contributed by atoms with Crippen LogP contribution in [0.15, 0.2) is 24.3 Å². The molecule has 0 N–H and O–H groups in total. The van der Waals surface area contributed by atoms with Crippen LogP contribution in [-0.4, -0.2) is 24.3 Å². The average Bonchev–Trinajstić information content (AvgIpc) is 2.30. The van der Waals surface area contributed by atoms with Crippen molar-refractivity contribution in [2.24, 2.45) is 0 Å². The molecule has 1 aliphatic heterocycles. The van der Waals surface area contributed by atoms with Crippen molar-refractivity contribution < 1.29 is 4.68 Å². The predicted octanol–water partition coefficient (Wildman–Crippen LogP) is 0.855. The summed E-state index contributed by atoms with van der Waals surface area (Å²) >= 11 is 0. The molecule has 0 fully saturated rings. The normalized spacial score (nSPS) is 14.5. The van der Waals surface area contributed by atoms with Crippen molar-refractivity contribution in [1.29, 1.82) is 0 Å². The number of nitrogens with zero attached hydrogens (tertiary/aromatic N) is 2. The molecule has 1 aromatic rings. The summed E-state index contributed by atoms with van der Waals surface area (Å²) in [6.45, 7) is 5.60. The van der Waals surface area contributed by atoms with Gasteiger partial charge in [0.05, 0.1) is 0 Å². The Kier molecular flexibility index (Phi) is 1.18. The van der Waals surface area contributed by atoms with Gasteiger partial charge in [-0.15, -0.1) is 6.07 Å². The number of hydrogen-bond acceptors (Lipinski definition) is 1. The summed E-state index contributed by atoms with van der Waals surface area (Å²) in [4.78, 5) is 1.46. The molecule has 1 aliphatic rings. The number of fused-ring (bicyclic) bond motifs is 1. The molecule has 2 rings (SSSR count). The van der Waals surface area contributed by atoms with E-state index in [1.165, 1.54) is 4.92 Å². The van der Waals surface area contributed by atoms with Crippen molar-refractivity contribution in [2.45, 2.75) is 0 Å². The molecule has 0 unspecified atom stereocenters. The van der Waals surface area contributed by atoms with Crippen molar-refractivity contribution in [3.8, 4) is 0 Å².